The van der Waals surface area contributed by atoms with Crippen LogP contribution in [0.2, 0.25) is 0 Å². The minimum atomic E-state index is 0.195. The van der Waals surface area contributed by atoms with Crippen LogP contribution in [0.3, 0.4) is 0 Å². The summed E-state index contributed by atoms with van der Waals surface area (Å²) >= 11 is 0. The van der Waals surface area contributed by atoms with Crippen molar-refractivity contribution in [1.82, 2.24) is 5.32 Å². The number of rotatable bonds is 4. The highest BCUT2D eigenvalue weighted by atomic mass is 16.1. The van der Waals surface area contributed by atoms with Crippen molar-refractivity contribution in [2.24, 2.45) is 5.10 Å². The first-order valence-electron chi connectivity index (χ1n) is 9.56. The van der Waals surface area contributed by atoms with Gasteiger partial charge in [0, 0.05) is 18.9 Å². The molecule has 2 heterocycles. The van der Waals surface area contributed by atoms with Crippen LogP contribution >= 0.6 is 0 Å². The molecule has 0 radical (unpaired) electrons. The second-order valence-electron chi connectivity index (χ2n) is 7.20. The molecular formula is C22H25N3O. The average molecular weight is 347 g/mol. The summed E-state index contributed by atoms with van der Waals surface area (Å²) in [6.07, 6.45) is 5.68. The monoisotopic (exact) mass is 347 g/mol. The Morgan fingerprint density at radius 1 is 1.00 bits per heavy atom. The molecule has 1 N–H and O–H groups in total. The highest BCUT2D eigenvalue weighted by Gasteiger charge is 2.31. The molecule has 2 aliphatic heterocycles. The first-order chi connectivity index (χ1) is 12.8. The Kier molecular flexibility index (Phi) is 5.00. The van der Waals surface area contributed by atoms with Crippen molar-refractivity contribution < 1.29 is 4.79 Å². The number of nitrogens with one attached hydrogen (secondary N) is 1. The summed E-state index contributed by atoms with van der Waals surface area (Å²) in [6.45, 7) is 0. The zero-order valence-corrected chi connectivity index (χ0v) is 15.0. The van der Waals surface area contributed by atoms with Gasteiger partial charge in [-0.3, -0.25) is 9.80 Å². The van der Waals surface area contributed by atoms with Crippen LogP contribution in [0.15, 0.2) is 65.8 Å². The Morgan fingerprint density at radius 3 is 2.50 bits per heavy atom. The first kappa shape index (κ1) is 16.8. The van der Waals surface area contributed by atoms with Crippen LogP contribution in [0, 0.1) is 0 Å². The fourth-order valence-electron chi connectivity index (χ4n) is 3.95. The Balaban J connectivity index is 1.57. The molecule has 0 aromatic heterocycles. The molecule has 1 amide bonds. The van der Waals surface area contributed by atoms with E-state index >= 15 is 0 Å². The molecule has 2 unspecified atom stereocenters. The third-order valence-corrected chi connectivity index (χ3v) is 5.26. The normalized spacial score (nSPS) is 23.3. The highest BCUT2D eigenvalue weighted by Crippen LogP contribution is 2.30. The molecule has 26 heavy (non-hydrogen) atoms. The minimum absolute atomic E-state index is 0.195. The lowest BCUT2D eigenvalue weighted by Crippen LogP contribution is -2.39. The van der Waals surface area contributed by atoms with Crippen molar-refractivity contribution in [3.8, 4) is 0 Å². The second-order valence-corrected chi connectivity index (χ2v) is 7.20. The van der Waals surface area contributed by atoms with Crippen molar-refractivity contribution in [1.29, 1.82) is 0 Å². The number of carbonyl (C=O) groups excluding carboxylic acids is 1. The summed E-state index contributed by atoms with van der Waals surface area (Å²) in [7, 11) is 0. The third kappa shape index (κ3) is 3.79. The zero-order chi connectivity index (χ0) is 17.8. The molecule has 2 aliphatic rings. The van der Waals surface area contributed by atoms with Gasteiger partial charge in [-0.2, -0.15) is 5.10 Å². The molecule has 4 nitrogen and oxygen atoms in total. The molecule has 2 aromatic carbocycles. The minimum Gasteiger partial charge on any atom is -0.353 e. The van der Waals surface area contributed by atoms with Gasteiger partial charge < -0.3 is 5.32 Å². The fourth-order valence-corrected chi connectivity index (χ4v) is 3.95. The van der Waals surface area contributed by atoms with Gasteiger partial charge >= 0.3 is 0 Å². The van der Waals surface area contributed by atoms with Crippen LogP contribution < -0.4 is 10.3 Å². The van der Waals surface area contributed by atoms with Gasteiger partial charge in [0.05, 0.1) is 17.4 Å². The molecule has 0 spiro atoms. The van der Waals surface area contributed by atoms with Crippen molar-refractivity contribution >= 4 is 17.3 Å². The molecule has 4 heteroatoms. The molecular weight excluding hydrogens is 322 g/mol. The lowest BCUT2D eigenvalue weighted by Gasteiger charge is -2.27. The van der Waals surface area contributed by atoms with Gasteiger partial charge in [-0.1, -0.05) is 55.0 Å². The summed E-state index contributed by atoms with van der Waals surface area (Å²) in [5.41, 5.74) is 3.42. The predicted molar refractivity (Wildman–Crippen MR) is 105 cm³/mol. The SMILES string of the molecule is O=C1CCCCC(CC2CC(c3ccccc3)=NN2c2ccccc2)N1. The Morgan fingerprint density at radius 2 is 1.73 bits per heavy atom. The van der Waals surface area contributed by atoms with Gasteiger partial charge in [0.15, 0.2) is 0 Å². The second kappa shape index (κ2) is 7.73. The van der Waals surface area contributed by atoms with Crippen molar-refractivity contribution in [2.45, 2.75) is 50.6 Å². The molecule has 2 atom stereocenters. The lowest BCUT2D eigenvalue weighted by atomic mass is 9.96. The number of para-hydroxylation sites is 1. The first-order valence-corrected chi connectivity index (χ1v) is 9.56. The maximum atomic E-state index is 12.0. The number of benzene rings is 2. The number of nitrogens with zero attached hydrogens (tertiary/aromatic N) is 2. The highest BCUT2D eigenvalue weighted by molar-refractivity contribution is 6.03. The van der Waals surface area contributed by atoms with Crippen LogP contribution in [0.5, 0.6) is 0 Å². The van der Waals surface area contributed by atoms with Gasteiger partial charge in [-0.05, 0) is 37.0 Å². The third-order valence-electron chi connectivity index (χ3n) is 5.26. The summed E-state index contributed by atoms with van der Waals surface area (Å²) in [4.78, 5) is 12.0. The maximum absolute atomic E-state index is 12.0. The van der Waals surface area contributed by atoms with E-state index < -0.39 is 0 Å². The maximum Gasteiger partial charge on any atom is 0.220 e. The van der Waals surface area contributed by atoms with Crippen molar-refractivity contribution in [3.63, 3.8) is 0 Å². The number of hydrogen-bond acceptors (Lipinski definition) is 3. The van der Waals surface area contributed by atoms with Crippen LogP contribution in [-0.2, 0) is 4.79 Å². The van der Waals surface area contributed by atoms with E-state index in [1.807, 2.05) is 12.1 Å². The predicted octanol–water partition coefficient (Wildman–Crippen LogP) is 4.12. The average Bonchev–Trinajstić information content (AvgIpc) is 2.99. The van der Waals surface area contributed by atoms with Gasteiger partial charge in [0.2, 0.25) is 5.91 Å². The molecule has 1 saturated heterocycles. The lowest BCUT2D eigenvalue weighted by molar-refractivity contribution is -0.121. The summed E-state index contributed by atoms with van der Waals surface area (Å²) < 4.78 is 0. The van der Waals surface area contributed by atoms with Gasteiger partial charge in [-0.25, -0.2) is 0 Å². The van der Waals surface area contributed by atoms with E-state index in [2.05, 4.69) is 58.9 Å². The van der Waals surface area contributed by atoms with Crippen molar-refractivity contribution in [2.75, 3.05) is 5.01 Å². The van der Waals surface area contributed by atoms with E-state index in [4.69, 9.17) is 5.10 Å². The Hall–Kier alpha value is -2.62. The standard InChI is InChI=1S/C22H25N3O/c26-22-14-8-7-11-18(23-22)15-20-16-21(17-9-3-1-4-10-17)24-25(20)19-12-5-2-6-13-19/h1-6,9-10,12-13,18,20H,7-8,11,14-16H2,(H,23,26). The van der Waals surface area contributed by atoms with E-state index in [1.54, 1.807) is 0 Å². The van der Waals surface area contributed by atoms with Crippen molar-refractivity contribution in [3.05, 3.63) is 66.2 Å². The van der Waals surface area contributed by atoms with E-state index in [0.717, 1.165) is 43.5 Å². The van der Waals surface area contributed by atoms with Crippen LogP contribution in [0.25, 0.3) is 0 Å². The molecule has 4 rings (SSSR count). The van der Waals surface area contributed by atoms with E-state index in [0.29, 0.717) is 6.42 Å². The number of carbonyl (C=O) groups is 1. The fraction of sp³-hybridized carbons (Fsp3) is 0.364. The van der Waals surface area contributed by atoms with Gasteiger partial charge in [0.1, 0.15) is 0 Å². The number of amides is 1. The van der Waals surface area contributed by atoms with E-state index in [-0.39, 0.29) is 18.0 Å². The van der Waals surface area contributed by atoms with E-state index in [9.17, 15) is 4.79 Å². The molecule has 0 saturated carbocycles. The van der Waals surface area contributed by atoms with Crippen LogP contribution in [0.4, 0.5) is 5.69 Å². The summed E-state index contributed by atoms with van der Waals surface area (Å²) in [5, 5.41) is 10.3. The summed E-state index contributed by atoms with van der Waals surface area (Å²) in [6, 6.07) is 21.3. The molecule has 134 valence electrons. The molecule has 0 aliphatic carbocycles. The Labute approximate surface area is 154 Å². The van der Waals surface area contributed by atoms with Gasteiger partial charge in [0.25, 0.3) is 0 Å². The van der Waals surface area contributed by atoms with Crippen LogP contribution in [0.1, 0.15) is 44.1 Å². The molecule has 0 bridgehead atoms. The van der Waals surface area contributed by atoms with Crippen LogP contribution in [-0.4, -0.2) is 23.7 Å². The largest absolute Gasteiger partial charge is 0.353 e. The molecule has 1 fully saturated rings. The topological polar surface area (TPSA) is 44.7 Å². The summed E-state index contributed by atoms with van der Waals surface area (Å²) in [5.74, 6) is 0.195. The quantitative estimate of drug-likeness (QED) is 0.904. The van der Waals surface area contributed by atoms with E-state index in [1.165, 1.54) is 5.56 Å². The number of hydrogen-bond donors (Lipinski definition) is 1. The number of anilines is 1. The number of hydrazone groups is 1. The molecule has 2 aromatic rings. The Bertz CT molecular complexity index is 772. The smallest absolute Gasteiger partial charge is 0.220 e. The zero-order valence-electron chi connectivity index (χ0n) is 15.0. The van der Waals surface area contributed by atoms with Gasteiger partial charge in [-0.15, -0.1) is 0 Å².